The van der Waals surface area contributed by atoms with E-state index in [1.807, 2.05) is 7.11 Å². The molecule has 19 heavy (non-hydrogen) atoms. The molecule has 0 atom stereocenters. The molecule has 0 radical (unpaired) electrons. The van der Waals surface area contributed by atoms with Crippen LogP contribution in [0, 0.1) is 5.41 Å². The number of hydrogen-bond donors (Lipinski definition) is 2. The number of ether oxygens (including phenoxy) is 1. The van der Waals surface area contributed by atoms with Crippen LogP contribution in [0.25, 0.3) is 0 Å². The van der Waals surface area contributed by atoms with Crippen molar-refractivity contribution in [3.05, 3.63) is 0 Å². The predicted molar refractivity (Wildman–Crippen MR) is 80.5 cm³/mol. The van der Waals surface area contributed by atoms with Crippen LogP contribution in [0.5, 0.6) is 0 Å². The van der Waals surface area contributed by atoms with Gasteiger partial charge in [0.25, 0.3) is 0 Å². The number of methoxy groups -OCH3 is 1. The summed E-state index contributed by atoms with van der Waals surface area (Å²) in [6.07, 6.45) is 12.2. The molecule has 0 heterocycles. The summed E-state index contributed by atoms with van der Waals surface area (Å²) in [5, 5.41) is 7.31. The van der Waals surface area contributed by atoms with Gasteiger partial charge in [-0.2, -0.15) is 0 Å². The van der Waals surface area contributed by atoms with Gasteiger partial charge in [-0.15, -0.1) is 0 Å². The molecule has 2 N–H and O–H groups in total. The van der Waals surface area contributed by atoms with Gasteiger partial charge in [-0.3, -0.25) is 0 Å². The second-order valence-electron chi connectivity index (χ2n) is 6.76. The predicted octanol–water partition coefficient (Wildman–Crippen LogP) is 2.71. The van der Waals surface area contributed by atoms with E-state index < -0.39 is 0 Å². The second kappa shape index (κ2) is 7.05. The van der Waals surface area contributed by atoms with Crippen LogP contribution >= 0.6 is 0 Å². The average Bonchev–Trinajstić information content (AvgIpc) is 3.23. The lowest BCUT2D eigenvalue weighted by Crippen LogP contribution is -2.46. The third-order valence-electron chi connectivity index (χ3n) is 5.41. The lowest BCUT2D eigenvalue weighted by molar-refractivity contribution is 0.170. The summed E-state index contributed by atoms with van der Waals surface area (Å²) in [7, 11) is 3.95. The third-order valence-corrected chi connectivity index (χ3v) is 5.41. The standard InChI is InChI=1S/C16H32N2O/c1-17-16(6-4-3-5-7-16)10-12-18-14-15(8-9-15)11-13-19-2/h17-18H,3-14H2,1-2H3. The molecule has 0 aromatic carbocycles. The maximum atomic E-state index is 5.21. The summed E-state index contributed by atoms with van der Waals surface area (Å²) >= 11 is 0. The molecular weight excluding hydrogens is 236 g/mol. The molecule has 0 aromatic heterocycles. The van der Waals surface area contributed by atoms with Crippen molar-refractivity contribution in [3.63, 3.8) is 0 Å². The summed E-state index contributed by atoms with van der Waals surface area (Å²) in [5.74, 6) is 0. The van der Waals surface area contributed by atoms with E-state index in [4.69, 9.17) is 4.74 Å². The zero-order chi connectivity index (χ0) is 13.6. The van der Waals surface area contributed by atoms with E-state index >= 15 is 0 Å². The van der Waals surface area contributed by atoms with Gasteiger partial charge in [0.05, 0.1) is 0 Å². The van der Waals surface area contributed by atoms with Crippen molar-refractivity contribution in [2.24, 2.45) is 5.41 Å². The van der Waals surface area contributed by atoms with Gasteiger partial charge in [0.15, 0.2) is 0 Å². The smallest absolute Gasteiger partial charge is 0.0468 e. The molecule has 0 amide bonds. The first-order chi connectivity index (χ1) is 9.24. The molecule has 2 rings (SSSR count). The van der Waals surface area contributed by atoms with E-state index in [0.717, 1.165) is 13.2 Å². The van der Waals surface area contributed by atoms with Gasteiger partial charge in [-0.1, -0.05) is 19.3 Å². The van der Waals surface area contributed by atoms with Crippen LogP contribution in [0.1, 0.15) is 57.8 Å². The molecule has 0 unspecified atom stereocenters. The first-order valence-corrected chi connectivity index (χ1v) is 8.13. The maximum Gasteiger partial charge on any atom is 0.0468 e. The quantitative estimate of drug-likeness (QED) is 0.631. The van der Waals surface area contributed by atoms with Gasteiger partial charge in [-0.25, -0.2) is 0 Å². The van der Waals surface area contributed by atoms with E-state index in [0.29, 0.717) is 11.0 Å². The van der Waals surface area contributed by atoms with Crippen LogP contribution in [0.2, 0.25) is 0 Å². The van der Waals surface area contributed by atoms with E-state index in [9.17, 15) is 0 Å². The minimum Gasteiger partial charge on any atom is -0.385 e. The topological polar surface area (TPSA) is 33.3 Å². The van der Waals surface area contributed by atoms with E-state index in [1.165, 1.54) is 64.3 Å². The van der Waals surface area contributed by atoms with Gasteiger partial charge >= 0.3 is 0 Å². The van der Waals surface area contributed by atoms with Crippen molar-refractivity contribution in [1.82, 2.24) is 10.6 Å². The molecule has 2 aliphatic rings. The lowest BCUT2D eigenvalue weighted by atomic mass is 9.79. The van der Waals surface area contributed by atoms with Gasteiger partial charge in [0.2, 0.25) is 0 Å². The van der Waals surface area contributed by atoms with Crippen LogP contribution in [0.4, 0.5) is 0 Å². The van der Waals surface area contributed by atoms with Crippen LogP contribution in [0.15, 0.2) is 0 Å². The number of rotatable bonds is 9. The van der Waals surface area contributed by atoms with Gasteiger partial charge in [-0.05, 0) is 57.5 Å². The molecule has 112 valence electrons. The molecule has 0 spiro atoms. The van der Waals surface area contributed by atoms with Crippen LogP contribution in [-0.4, -0.2) is 39.4 Å². The highest BCUT2D eigenvalue weighted by atomic mass is 16.5. The van der Waals surface area contributed by atoms with Crippen molar-refractivity contribution in [2.45, 2.75) is 63.3 Å². The molecule has 0 saturated heterocycles. The maximum absolute atomic E-state index is 5.21. The molecule has 3 nitrogen and oxygen atoms in total. The SMILES string of the molecule is CNC1(CCNCC2(CCOC)CC2)CCCCC1. The third kappa shape index (κ3) is 4.44. The Morgan fingerprint density at radius 2 is 1.74 bits per heavy atom. The fraction of sp³-hybridized carbons (Fsp3) is 1.00. The minimum absolute atomic E-state index is 0.425. The Balaban J connectivity index is 1.63. The zero-order valence-electron chi connectivity index (χ0n) is 12.9. The number of hydrogen-bond acceptors (Lipinski definition) is 3. The van der Waals surface area contributed by atoms with Crippen LogP contribution in [-0.2, 0) is 4.74 Å². The van der Waals surface area contributed by atoms with Crippen molar-refractivity contribution >= 4 is 0 Å². The van der Waals surface area contributed by atoms with Gasteiger partial charge in [0, 0.05) is 25.8 Å². The first kappa shape index (κ1) is 15.3. The summed E-state index contributed by atoms with van der Waals surface area (Å²) in [6.45, 7) is 3.27. The summed E-state index contributed by atoms with van der Waals surface area (Å²) in [5.41, 5.74) is 1.00. The highest BCUT2D eigenvalue weighted by molar-refractivity contribution is 4.95. The Labute approximate surface area is 118 Å². The Kier molecular flexibility index (Phi) is 5.67. The molecule has 0 aromatic rings. The highest BCUT2D eigenvalue weighted by Gasteiger charge is 2.41. The summed E-state index contributed by atoms with van der Waals surface area (Å²) in [4.78, 5) is 0. The van der Waals surface area contributed by atoms with Crippen molar-refractivity contribution < 1.29 is 4.74 Å². The summed E-state index contributed by atoms with van der Waals surface area (Å²) < 4.78 is 5.21. The fourth-order valence-corrected chi connectivity index (χ4v) is 3.55. The molecule has 0 bridgehead atoms. The Morgan fingerprint density at radius 3 is 2.32 bits per heavy atom. The average molecular weight is 268 g/mol. The second-order valence-corrected chi connectivity index (χ2v) is 6.76. The first-order valence-electron chi connectivity index (χ1n) is 8.13. The molecule has 2 fully saturated rings. The van der Waals surface area contributed by atoms with Crippen LogP contribution in [0.3, 0.4) is 0 Å². The van der Waals surface area contributed by atoms with Crippen molar-refractivity contribution in [1.29, 1.82) is 0 Å². The fourth-order valence-electron chi connectivity index (χ4n) is 3.55. The molecule has 0 aliphatic heterocycles. The Hall–Kier alpha value is -0.120. The van der Waals surface area contributed by atoms with E-state index in [-0.39, 0.29) is 0 Å². The zero-order valence-corrected chi connectivity index (χ0v) is 12.9. The monoisotopic (exact) mass is 268 g/mol. The van der Waals surface area contributed by atoms with Gasteiger partial charge in [0.1, 0.15) is 0 Å². The number of nitrogens with one attached hydrogen (secondary N) is 2. The summed E-state index contributed by atoms with van der Waals surface area (Å²) in [6, 6.07) is 0. The molecular formula is C16H32N2O. The van der Waals surface area contributed by atoms with Crippen molar-refractivity contribution in [2.75, 3.05) is 33.9 Å². The highest BCUT2D eigenvalue weighted by Crippen LogP contribution is 2.48. The Bertz CT molecular complexity index is 257. The van der Waals surface area contributed by atoms with E-state index in [1.54, 1.807) is 0 Å². The lowest BCUT2D eigenvalue weighted by Gasteiger charge is -2.37. The van der Waals surface area contributed by atoms with Crippen molar-refractivity contribution in [3.8, 4) is 0 Å². The normalized spacial score (nSPS) is 24.3. The van der Waals surface area contributed by atoms with Gasteiger partial charge < -0.3 is 15.4 Å². The molecule has 2 aliphatic carbocycles. The Morgan fingerprint density at radius 1 is 1.00 bits per heavy atom. The minimum atomic E-state index is 0.425. The largest absolute Gasteiger partial charge is 0.385 e. The van der Waals surface area contributed by atoms with Crippen LogP contribution < -0.4 is 10.6 Å². The molecule has 3 heteroatoms. The molecule has 2 saturated carbocycles. The van der Waals surface area contributed by atoms with E-state index in [2.05, 4.69) is 17.7 Å².